The number of carboxylic acids is 1. The Morgan fingerprint density at radius 3 is 1.68 bits per heavy atom. The molecule has 0 fully saturated rings. The molecule has 13 heteroatoms. The topological polar surface area (TPSA) is 177 Å². The molecule has 40 heavy (non-hydrogen) atoms. The standard InChI is InChI=1S/C27H21N7O6/c28-22-10-4-1-7-19(22)26(37)39-15-18-14-34(32-30-18)24-12-6-3-9-21(24)27(38)40-16-17-13-33(31-29-17)23-11-5-2-8-20(23)25(35)36/h1-14H,15-16,28H2,(H,35,36). The third-order valence-corrected chi connectivity index (χ3v) is 5.72. The summed E-state index contributed by atoms with van der Waals surface area (Å²) in [5, 5.41) is 25.4. The van der Waals surface area contributed by atoms with Crippen molar-refractivity contribution in [3.05, 3.63) is 113 Å². The minimum atomic E-state index is -1.11. The molecule has 5 rings (SSSR count). The van der Waals surface area contributed by atoms with Gasteiger partial charge in [-0.1, -0.05) is 46.8 Å². The van der Waals surface area contributed by atoms with Crippen molar-refractivity contribution < 1.29 is 29.0 Å². The Bertz CT molecular complexity index is 1710. The number of anilines is 1. The number of nitrogens with two attached hydrogens (primary N) is 1. The predicted octanol–water partition coefficient (Wildman–Crippen LogP) is 2.84. The molecule has 0 atom stereocenters. The molecule has 0 unspecified atom stereocenters. The Labute approximate surface area is 226 Å². The number of nitrogen functional groups attached to an aromatic ring is 1. The summed E-state index contributed by atoms with van der Waals surface area (Å²) in [4.78, 5) is 36.8. The highest BCUT2D eigenvalue weighted by molar-refractivity contribution is 5.95. The van der Waals surface area contributed by atoms with E-state index in [0.717, 1.165) is 0 Å². The van der Waals surface area contributed by atoms with Crippen LogP contribution < -0.4 is 5.73 Å². The van der Waals surface area contributed by atoms with Crippen LogP contribution in [-0.4, -0.2) is 53.0 Å². The molecule has 0 bridgehead atoms. The Balaban J connectivity index is 1.25. The summed E-state index contributed by atoms with van der Waals surface area (Å²) in [6.45, 7) is -0.357. The number of carbonyl (C=O) groups is 3. The van der Waals surface area contributed by atoms with Crippen molar-refractivity contribution in [2.45, 2.75) is 13.2 Å². The lowest BCUT2D eigenvalue weighted by molar-refractivity contribution is 0.0460. The van der Waals surface area contributed by atoms with E-state index in [0.29, 0.717) is 28.5 Å². The van der Waals surface area contributed by atoms with Crippen molar-refractivity contribution in [1.82, 2.24) is 30.0 Å². The molecule has 0 spiro atoms. The van der Waals surface area contributed by atoms with E-state index in [4.69, 9.17) is 15.2 Å². The lowest BCUT2D eigenvalue weighted by atomic mass is 10.2. The van der Waals surface area contributed by atoms with Crippen LogP contribution in [0.15, 0.2) is 85.2 Å². The molecule has 13 nitrogen and oxygen atoms in total. The van der Waals surface area contributed by atoms with E-state index in [9.17, 15) is 19.5 Å². The number of benzene rings is 3. The van der Waals surface area contributed by atoms with E-state index in [-0.39, 0.29) is 29.9 Å². The molecule has 0 aliphatic heterocycles. The number of hydrogen-bond acceptors (Lipinski definition) is 10. The Morgan fingerprint density at radius 1 is 0.675 bits per heavy atom. The number of carboxylic acid groups (broad SMARTS) is 1. The molecular formula is C27H21N7O6. The molecule has 0 aliphatic carbocycles. The molecule has 5 aromatic rings. The highest BCUT2D eigenvalue weighted by atomic mass is 16.5. The van der Waals surface area contributed by atoms with Crippen LogP contribution in [0, 0.1) is 0 Å². The van der Waals surface area contributed by atoms with Gasteiger partial charge in [0, 0.05) is 5.69 Å². The number of nitrogens with zero attached hydrogens (tertiary/aromatic N) is 6. The molecule has 0 saturated heterocycles. The summed E-state index contributed by atoms with van der Waals surface area (Å²) in [6.07, 6.45) is 3.01. The SMILES string of the molecule is Nc1ccccc1C(=O)OCc1cn(-c2ccccc2C(=O)OCc2cn(-c3ccccc3C(=O)O)nn2)nn1. The number of ether oxygens (including phenoxy) is 2. The van der Waals surface area contributed by atoms with Gasteiger partial charge in [-0.15, -0.1) is 10.2 Å². The summed E-state index contributed by atoms with van der Waals surface area (Å²) < 4.78 is 13.4. The van der Waals surface area contributed by atoms with Crippen LogP contribution in [0.3, 0.4) is 0 Å². The third-order valence-electron chi connectivity index (χ3n) is 5.72. The van der Waals surface area contributed by atoms with Crippen LogP contribution in [0.5, 0.6) is 0 Å². The van der Waals surface area contributed by atoms with Crippen LogP contribution in [0.2, 0.25) is 0 Å². The molecule has 2 heterocycles. The molecule has 0 aliphatic rings. The normalized spacial score (nSPS) is 10.7. The predicted molar refractivity (Wildman–Crippen MR) is 139 cm³/mol. The molecule has 2 aromatic heterocycles. The van der Waals surface area contributed by atoms with Crippen LogP contribution >= 0.6 is 0 Å². The van der Waals surface area contributed by atoms with Gasteiger partial charge in [-0.3, -0.25) is 0 Å². The van der Waals surface area contributed by atoms with E-state index in [1.807, 2.05) is 0 Å². The van der Waals surface area contributed by atoms with Gasteiger partial charge in [0.25, 0.3) is 0 Å². The summed E-state index contributed by atoms with van der Waals surface area (Å²) in [5.41, 5.74) is 8.00. The van der Waals surface area contributed by atoms with Crippen molar-refractivity contribution in [1.29, 1.82) is 0 Å². The van der Waals surface area contributed by atoms with Crippen molar-refractivity contribution >= 4 is 23.6 Å². The van der Waals surface area contributed by atoms with Crippen molar-refractivity contribution in [3.63, 3.8) is 0 Å². The number of aromatic carboxylic acids is 1. The highest BCUT2D eigenvalue weighted by Gasteiger charge is 2.18. The van der Waals surface area contributed by atoms with Gasteiger partial charge in [-0.2, -0.15) is 0 Å². The fourth-order valence-corrected chi connectivity index (χ4v) is 3.78. The molecule has 3 aromatic carbocycles. The largest absolute Gasteiger partial charge is 0.478 e. The fourth-order valence-electron chi connectivity index (χ4n) is 3.78. The monoisotopic (exact) mass is 539 g/mol. The lowest BCUT2D eigenvalue weighted by Gasteiger charge is -2.08. The van der Waals surface area contributed by atoms with Gasteiger partial charge in [0.1, 0.15) is 24.6 Å². The van der Waals surface area contributed by atoms with Gasteiger partial charge in [-0.25, -0.2) is 23.7 Å². The first-order valence-electron chi connectivity index (χ1n) is 11.8. The van der Waals surface area contributed by atoms with Gasteiger partial charge in [0.2, 0.25) is 0 Å². The van der Waals surface area contributed by atoms with Crippen molar-refractivity contribution in [3.8, 4) is 11.4 Å². The van der Waals surface area contributed by atoms with E-state index >= 15 is 0 Å². The highest BCUT2D eigenvalue weighted by Crippen LogP contribution is 2.18. The Kier molecular flexibility index (Phi) is 7.26. The summed E-state index contributed by atoms with van der Waals surface area (Å²) in [6, 6.07) is 19.5. The van der Waals surface area contributed by atoms with Gasteiger partial charge in [0.15, 0.2) is 0 Å². The number of carbonyl (C=O) groups excluding carboxylic acids is 2. The first-order chi connectivity index (χ1) is 19.4. The molecule has 0 saturated carbocycles. The number of esters is 2. The molecule has 200 valence electrons. The molecular weight excluding hydrogens is 518 g/mol. The van der Waals surface area contributed by atoms with Crippen molar-refractivity contribution in [2.24, 2.45) is 0 Å². The average Bonchev–Trinajstić information content (AvgIpc) is 3.65. The van der Waals surface area contributed by atoms with Crippen LogP contribution in [0.25, 0.3) is 11.4 Å². The Hall–Kier alpha value is -5.85. The quantitative estimate of drug-likeness (QED) is 0.208. The molecule has 0 radical (unpaired) electrons. The van der Waals surface area contributed by atoms with Crippen LogP contribution in [-0.2, 0) is 22.7 Å². The molecule has 0 amide bonds. The minimum absolute atomic E-state index is 0.0519. The van der Waals surface area contributed by atoms with Gasteiger partial charge in [0.05, 0.1) is 40.5 Å². The maximum atomic E-state index is 12.9. The fraction of sp³-hybridized carbons (Fsp3) is 0.0741. The van der Waals surface area contributed by atoms with Gasteiger partial charge in [-0.05, 0) is 36.4 Å². The van der Waals surface area contributed by atoms with Crippen molar-refractivity contribution in [2.75, 3.05) is 5.73 Å². The van der Waals surface area contributed by atoms with E-state index < -0.39 is 17.9 Å². The second-order valence-electron chi connectivity index (χ2n) is 8.39. The number of rotatable bonds is 9. The number of aromatic nitrogens is 6. The van der Waals surface area contributed by atoms with E-state index in [1.165, 1.54) is 27.8 Å². The summed E-state index contributed by atoms with van der Waals surface area (Å²) in [5.74, 6) is -2.36. The second kappa shape index (κ2) is 11.3. The number of para-hydroxylation sites is 3. The van der Waals surface area contributed by atoms with Gasteiger partial charge >= 0.3 is 17.9 Å². The van der Waals surface area contributed by atoms with Crippen LogP contribution in [0.4, 0.5) is 5.69 Å². The maximum absolute atomic E-state index is 12.9. The zero-order valence-electron chi connectivity index (χ0n) is 20.7. The van der Waals surface area contributed by atoms with Crippen LogP contribution in [0.1, 0.15) is 42.5 Å². The Morgan fingerprint density at radius 2 is 1.12 bits per heavy atom. The van der Waals surface area contributed by atoms with Gasteiger partial charge < -0.3 is 20.3 Å². The summed E-state index contributed by atoms with van der Waals surface area (Å²) >= 11 is 0. The summed E-state index contributed by atoms with van der Waals surface area (Å²) in [7, 11) is 0. The zero-order valence-corrected chi connectivity index (χ0v) is 20.7. The third kappa shape index (κ3) is 5.52. The second-order valence-corrected chi connectivity index (χ2v) is 8.39. The smallest absolute Gasteiger partial charge is 0.340 e. The molecule has 3 N–H and O–H groups in total. The average molecular weight is 540 g/mol. The number of hydrogen-bond donors (Lipinski definition) is 2. The van der Waals surface area contributed by atoms with E-state index in [2.05, 4.69) is 20.6 Å². The lowest BCUT2D eigenvalue weighted by Crippen LogP contribution is -2.10. The first-order valence-corrected chi connectivity index (χ1v) is 11.8. The maximum Gasteiger partial charge on any atom is 0.340 e. The first kappa shape index (κ1) is 25.8. The minimum Gasteiger partial charge on any atom is -0.478 e. The zero-order chi connectivity index (χ0) is 28.1. The van der Waals surface area contributed by atoms with E-state index in [1.54, 1.807) is 66.7 Å².